The lowest BCUT2D eigenvalue weighted by Gasteiger charge is -2.47. The van der Waals surface area contributed by atoms with Gasteiger partial charge < -0.3 is 14.3 Å². The summed E-state index contributed by atoms with van der Waals surface area (Å²) in [6.45, 7) is 4.43. The van der Waals surface area contributed by atoms with E-state index in [1.54, 1.807) is 13.8 Å². The second kappa shape index (κ2) is 7.42. The largest absolute Gasteiger partial charge is 0.357 e. The molecule has 0 aromatic heterocycles. The fourth-order valence-corrected chi connectivity index (χ4v) is 8.73. The summed E-state index contributed by atoms with van der Waals surface area (Å²) in [5.74, 6) is 0.289. The standard InChI is InChI=1S/C12H23Cl3O6P2/c1-10(2)12(4-6-13,5-7-14)11(3,22(16,17)18)21-23(10,19)20-9-8-15/h4-9H2,1-3H3,(H2,16,17,18). The highest BCUT2D eigenvalue weighted by Crippen LogP contribution is 2.84. The number of halogens is 3. The van der Waals surface area contributed by atoms with Crippen molar-refractivity contribution in [1.82, 2.24) is 0 Å². The third kappa shape index (κ3) is 3.29. The monoisotopic (exact) mass is 430 g/mol. The molecular formula is C12H23Cl3O6P2. The lowest BCUT2D eigenvalue weighted by molar-refractivity contribution is 0.0153. The fraction of sp³-hybridized carbons (Fsp3) is 1.00. The van der Waals surface area contributed by atoms with Gasteiger partial charge in [0.15, 0.2) is 5.34 Å². The number of rotatable bonds is 8. The van der Waals surface area contributed by atoms with Crippen LogP contribution in [-0.4, -0.2) is 44.5 Å². The second-order valence-electron chi connectivity index (χ2n) is 6.16. The first-order valence-electron chi connectivity index (χ1n) is 7.08. The van der Waals surface area contributed by atoms with Crippen molar-refractivity contribution in [3.8, 4) is 0 Å². The van der Waals surface area contributed by atoms with Crippen molar-refractivity contribution in [2.24, 2.45) is 5.41 Å². The lowest BCUT2D eigenvalue weighted by Crippen LogP contribution is -2.52. The van der Waals surface area contributed by atoms with E-state index in [1.807, 2.05) is 0 Å². The summed E-state index contributed by atoms with van der Waals surface area (Å²) in [5.41, 5.74) is -1.22. The molecule has 1 fully saturated rings. The molecule has 23 heavy (non-hydrogen) atoms. The molecule has 1 aliphatic rings. The number of alkyl halides is 3. The summed E-state index contributed by atoms with van der Waals surface area (Å²) in [5, 5.41) is -3.22. The molecule has 0 bridgehead atoms. The van der Waals surface area contributed by atoms with Crippen molar-refractivity contribution < 1.29 is 28.0 Å². The van der Waals surface area contributed by atoms with E-state index in [1.165, 1.54) is 6.92 Å². The predicted molar refractivity (Wildman–Crippen MR) is 93.0 cm³/mol. The average Bonchev–Trinajstić information content (AvgIpc) is 2.54. The van der Waals surface area contributed by atoms with Crippen molar-refractivity contribution in [2.45, 2.75) is 44.1 Å². The molecule has 2 N–H and O–H groups in total. The smallest absolute Gasteiger partial charge is 0.322 e. The van der Waals surface area contributed by atoms with Crippen molar-refractivity contribution >= 4 is 50.0 Å². The highest BCUT2D eigenvalue weighted by atomic mass is 35.5. The Labute approximate surface area is 151 Å². The summed E-state index contributed by atoms with van der Waals surface area (Å²) < 4.78 is 36.5. The molecule has 0 aliphatic carbocycles. The minimum Gasteiger partial charge on any atom is -0.322 e. The van der Waals surface area contributed by atoms with E-state index in [0.29, 0.717) is 0 Å². The molecule has 0 saturated carbocycles. The van der Waals surface area contributed by atoms with Gasteiger partial charge in [-0.1, -0.05) is 0 Å². The molecule has 1 saturated heterocycles. The molecule has 0 spiro atoms. The van der Waals surface area contributed by atoms with Crippen molar-refractivity contribution in [2.75, 3.05) is 24.2 Å². The Morgan fingerprint density at radius 2 is 1.57 bits per heavy atom. The summed E-state index contributed by atoms with van der Waals surface area (Å²) in [7, 11) is -8.71. The molecule has 0 amide bonds. The zero-order valence-corrected chi connectivity index (χ0v) is 17.4. The minimum absolute atomic E-state index is 0.0582. The fourth-order valence-electron chi connectivity index (χ4n) is 3.46. The van der Waals surface area contributed by atoms with Crippen LogP contribution in [0.5, 0.6) is 0 Å². The van der Waals surface area contributed by atoms with Crippen LogP contribution in [0.3, 0.4) is 0 Å². The Balaban J connectivity index is 3.63. The van der Waals surface area contributed by atoms with Gasteiger partial charge in [0.1, 0.15) is 0 Å². The van der Waals surface area contributed by atoms with Gasteiger partial charge in [0, 0.05) is 23.1 Å². The van der Waals surface area contributed by atoms with Crippen LogP contribution in [0, 0.1) is 5.41 Å². The van der Waals surface area contributed by atoms with E-state index < -0.39 is 31.1 Å². The van der Waals surface area contributed by atoms with Crippen LogP contribution in [0.15, 0.2) is 0 Å². The first-order chi connectivity index (χ1) is 10.4. The van der Waals surface area contributed by atoms with E-state index >= 15 is 0 Å². The first-order valence-corrected chi connectivity index (χ1v) is 11.8. The summed E-state index contributed by atoms with van der Waals surface area (Å²) in [4.78, 5) is 19.9. The quantitative estimate of drug-likeness (QED) is 0.437. The van der Waals surface area contributed by atoms with Gasteiger partial charge in [-0.2, -0.15) is 0 Å². The predicted octanol–water partition coefficient (Wildman–Crippen LogP) is 4.38. The van der Waals surface area contributed by atoms with Crippen molar-refractivity contribution in [1.29, 1.82) is 0 Å². The van der Waals surface area contributed by atoms with Crippen LogP contribution >= 0.6 is 50.0 Å². The Morgan fingerprint density at radius 3 is 1.91 bits per heavy atom. The molecular weight excluding hydrogens is 408 g/mol. The van der Waals surface area contributed by atoms with Gasteiger partial charge in [-0.3, -0.25) is 13.7 Å². The van der Waals surface area contributed by atoms with Crippen LogP contribution in [0.4, 0.5) is 0 Å². The average molecular weight is 432 g/mol. The van der Waals surface area contributed by atoms with Crippen molar-refractivity contribution in [3.05, 3.63) is 0 Å². The first kappa shape index (κ1) is 22.2. The van der Waals surface area contributed by atoms with E-state index in [9.17, 15) is 18.9 Å². The number of hydrogen-bond acceptors (Lipinski definition) is 4. The van der Waals surface area contributed by atoms with Gasteiger partial charge in [-0.15, -0.1) is 34.8 Å². The molecule has 0 aromatic rings. The van der Waals surface area contributed by atoms with E-state index in [0.717, 1.165) is 0 Å². The van der Waals surface area contributed by atoms with Crippen LogP contribution < -0.4 is 0 Å². The van der Waals surface area contributed by atoms with Gasteiger partial charge in [-0.05, 0) is 33.6 Å². The molecule has 2 atom stereocenters. The van der Waals surface area contributed by atoms with Gasteiger partial charge in [0.25, 0.3) is 0 Å². The number of hydrogen-bond donors (Lipinski definition) is 2. The highest BCUT2D eigenvalue weighted by molar-refractivity contribution is 7.59. The molecule has 0 aromatic carbocycles. The topological polar surface area (TPSA) is 93.1 Å². The highest BCUT2D eigenvalue weighted by Gasteiger charge is 2.78. The zero-order chi connectivity index (χ0) is 18.2. The molecule has 11 heteroatoms. The van der Waals surface area contributed by atoms with Crippen LogP contribution in [0.1, 0.15) is 33.6 Å². The van der Waals surface area contributed by atoms with Crippen LogP contribution in [-0.2, 0) is 18.2 Å². The van der Waals surface area contributed by atoms with Crippen molar-refractivity contribution in [3.63, 3.8) is 0 Å². The molecule has 138 valence electrons. The molecule has 1 heterocycles. The third-order valence-corrected chi connectivity index (χ3v) is 10.2. The maximum Gasteiger partial charge on any atom is 0.357 e. The summed E-state index contributed by atoms with van der Waals surface area (Å²) >= 11 is 17.4. The van der Waals surface area contributed by atoms with Gasteiger partial charge in [-0.25, -0.2) is 0 Å². The zero-order valence-electron chi connectivity index (χ0n) is 13.3. The summed E-state index contributed by atoms with van der Waals surface area (Å²) in [6, 6.07) is 0. The van der Waals surface area contributed by atoms with E-state index in [-0.39, 0.29) is 37.1 Å². The Hall–Kier alpha value is 1.17. The Morgan fingerprint density at radius 1 is 1.09 bits per heavy atom. The molecule has 1 rings (SSSR count). The Bertz CT molecular complexity index is 517. The minimum atomic E-state index is -4.82. The molecule has 1 aliphatic heterocycles. The van der Waals surface area contributed by atoms with Crippen LogP contribution in [0.25, 0.3) is 0 Å². The third-order valence-electron chi connectivity index (χ3n) is 4.98. The Kier molecular flexibility index (Phi) is 7.17. The maximum atomic E-state index is 13.3. The van der Waals surface area contributed by atoms with E-state index in [2.05, 4.69) is 0 Å². The maximum absolute atomic E-state index is 13.3. The van der Waals surface area contributed by atoms with Gasteiger partial charge in [0.05, 0.1) is 11.8 Å². The molecule has 2 unspecified atom stereocenters. The lowest BCUT2D eigenvalue weighted by atomic mass is 9.68. The van der Waals surface area contributed by atoms with Crippen LogP contribution in [0.2, 0.25) is 0 Å². The van der Waals surface area contributed by atoms with E-state index in [4.69, 9.17) is 43.9 Å². The molecule has 0 radical (unpaired) electrons. The SMILES string of the molecule is CC1(P(=O)(O)O)OP(=O)(OCCCl)C(C)(C)C1(CCCl)CCCl. The summed E-state index contributed by atoms with van der Waals surface area (Å²) in [6.07, 6.45) is 0.341. The molecule has 6 nitrogen and oxygen atoms in total. The second-order valence-corrected chi connectivity index (χ2v) is 11.8. The van der Waals surface area contributed by atoms with Gasteiger partial charge >= 0.3 is 15.2 Å². The van der Waals surface area contributed by atoms with Gasteiger partial charge in [0.2, 0.25) is 0 Å². The normalized spacial score (nSPS) is 33.0.